The van der Waals surface area contributed by atoms with E-state index in [1.54, 1.807) is 36.0 Å². The van der Waals surface area contributed by atoms with Crippen molar-refractivity contribution in [3.63, 3.8) is 0 Å². The van der Waals surface area contributed by atoms with Crippen molar-refractivity contribution in [2.45, 2.75) is 4.90 Å². The maximum Gasteiger partial charge on any atom is 0.256 e. The summed E-state index contributed by atoms with van der Waals surface area (Å²) in [5.41, 5.74) is 1.39. The quantitative estimate of drug-likeness (QED) is 0.630. The number of halogens is 1. The van der Waals surface area contributed by atoms with Gasteiger partial charge in [-0.05, 0) is 36.4 Å². The molecule has 0 radical (unpaired) electrons. The summed E-state index contributed by atoms with van der Waals surface area (Å²) in [6.45, 7) is 3.69. The van der Waals surface area contributed by atoms with Crippen molar-refractivity contribution in [2.75, 3.05) is 11.1 Å². The number of nitrogens with one attached hydrogen (secondary N) is 1. The largest absolute Gasteiger partial charge is 0.322 e. The van der Waals surface area contributed by atoms with Crippen molar-refractivity contribution in [1.29, 1.82) is 0 Å². The van der Waals surface area contributed by atoms with Crippen LogP contribution >= 0.6 is 23.4 Å². The monoisotopic (exact) mass is 303 g/mol. The van der Waals surface area contributed by atoms with Crippen LogP contribution in [0.15, 0.2) is 66.1 Å². The molecule has 0 aromatic heterocycles. The standard InChI is InChI=1S/C16H14ClNOS/c1-2-11-20-15-6-4-3-5-14(15)16(19)18-13-9-7-12(17)8-10-13/h2-10H,1,11H2,(H,18,19). The van der Waals surface area contributed by atoms with Gasteiger partial charge in [0.15, 0.2) is 0 Å². The third-order valence-corrected chi connectivity index (χ3v) is 3.91. The minimum atomic E-state index is -0.125. The lowest BCUT2D eigenvalue weighted by Gasteiger charge is -2.09. The first-order valence-corrected chi connectivity index (χ1v) is 7.46. The fourth-order valence-corrected chi connectivity index (χ4v) is 2.57. The van der Waals surface area contributed by atoms with Crippen LogP contribution in [0.2, 0.25) is 5.02 Å². The second-order valence-electron chi connectivity index (χ2n) is 4.06. The number of carbonyl (C=O) groups is 1. The lowest BCUT2D eigenvalue weighted by Crippen LogP contribution is -2.12. The van der Waals surface area contributed by atoms with Crippen molar-refractivity contribution < 1.29 is 4.79 Å². The van der Waals surface area contributed by atoms with E-state index in [2.05, 4.69) is 11.9 Å². The number of anilines is 1. The summed E-state index contributed by atoms with van der Waals surface area (Å²) in [5, 5.41) is 3.51. The second-order valence-corrected chi connectivity index (χ2v) is 5.56. The van der Waals surface area contributed by atoms with E-state index in [0.717, 1.165) is 16.3 Å². The van der Waals surface area contributed by atoms with Crippen LogP contribution < -0.4 is 5.32 Å². The SMILES string of the molecule is C=CCSc1ccccc1C(=O)Nc1ccc(Cl)cc1. The molecule has 0 spiro atoms. The first kappa shape index (κ1) is 14.7. The molecule has 0 heterocycles. The van der Waals surface area contributed by atoms with Gasteiger partial charge in [-0.15, -0.1) is 18.3 Å². The van der Waals surface area contributed by atoms with Crippen LogP contribution in [0.4, 0.5) is 5.69 Å². The zero-order valence-electron chi connectivity index (χ0n) is 10.8. The van der Waals surface area contributed by atoms with E-state index in [1.807, 2.05) is 30.3 Å². The Bertz CT molecular complexity index is 610. The molecule has 0 fully saturated rings. The zero-order valence-corrected chi connectivity index (χ0v) is 12.4. The predicted molar refractivity (Wildman–Crippen MR) is 86.8 cm³/mol. The Hall–Kier alpha value is -1.71. The summed E-state index contributed by atoms with van der Waals surface area (Å²) < 4.78 is 0. The maximum atomic E-state index is 12.3. The van der Waals surface area contributed by atoms with Gasteiger partial charge < -0.3 is 5.32 Å². The molecule has 0 unspecified atom stereocenters. The molecule has 0 aliphatic rings. The molecular formula is C16H14ClNOS. The van der Waals surface area contributed by atoms with Crippen molar-refractivity contribution >= 4 is 35.0 Å². The Morgan fingerprint density at radius 3 is 2.60 bits per heavy atom. The van der Waals surface area contributed by atoms with Gasteiger partial charge in [0.2, 0.25) is 0 Å². The molecule has 2 aromatic rings. The smallest absolute Gasteiger partial charge is 0.256 e. The Labute approximate surface area is 127 Å². The molecule has 2 aromatic carbocycles. The lowest BCUT2D eigenvalue weighted by atomic mass is 10.2. The van der Waals surface area contributed by atoms with Gasteiger partial charge in [-0.1, -0.05) is 29.8 Å². The normalized spacial score (nSPS) is 10.1. The van der Waals surface area contributed by atoms with Gasteiger partial charge in [0, 0.05) is 21.4 Å². The van der Waals surface area contributed by atoms with Crippen LogP contribution in [0.3, 0.4) is 0 Å². The molecule has 0 bridgehead atoms. The first-order chi connectivity index (χ1) is 9.70. The van der Waals surface area contributed by atoms with Crippen molar-refractivity contribution in [3.8, 4) is 0 Å². The van der Waals surface area contributed by atoms with Crippen molar-refractivity contribution in [2.24, 2.45) is 0 Å². The predicted octanol–water partition coefficient (Wildman–Crippen LogP) is 4.87. The zero-order chi connectivity index (χ0) is 14.4. The van der Waals surface area contributed by atoms with E-state index in [9.17, 15) is 4.79 Å². The van der Waals surface area contributed by atoms with Crippen LogP contribution in [-0.4, -0.2) is 11.7 Å². The average molecular weight is 304 g/mol. The molecule has 0 aliphatic carbocycles. The van der Waals surface area contributed by atoms with E-state index in [4.69, 9.17) is 11.6 Å². The third-order valence-electron chi connectivity index (χ3n) is 2.59. The van der Waals surface area contributed by atoms with Gasteiger partial charge in [-0.3, -0.25) is 4.79 Å². The number of hydrogen-bond acceptors (Lipinski definition) is 2. The van der Waals surface area contributed by atoms with E-state index < -0.39 is 0 Å². The number of benzene rings is 2. The van der Waals surface area contributed by atoms with E-state index in [1.165, 1.54) is 0 Å². The molecule has 0 saturated heterocycles. The van der Waals surface area contributed by atoms with Crippen molar-refractivity contribution in [3.05, 3.63) is 71.8 Å². The van der Waals surface area contributed by atoms with Gasteiger partial charge >= 0.3 is 0 Å². The molecule has 2 rings (SSSR count). The molecule has 0 saturated carbocycles. The Morgan fingerprint density at radius 1 is 1.20 bits per heavy atom. The second kappa shape index (κ2) is 7.17. The molecule has 4 heteroatoms. The number of hydrogen-bond donors (Lipinski definition) is 1. The highest BCUT2D eigenvalue weighted by atomic mass is 35.5. The van der Waals surface area contributed by atoms with Crippen LogP contribution in [0, 0.1) is 0 Å². The summed E-state index contributed by atoms with van der Waals surface area (Å²) in [4.78, 5) is 13.2. The van der Waals surface area contributed by atoms with E-state index >= 15 is 0 Å². The van der Waals surface area contributed by atoms with Gasteiger partial charge in [-0.25, -0.2) is 0 Å². The molecule has 20 heavy (non-hydrogen) atoms. The van der Waals surface area contributed by atoms with Gasteiger partial charge in [0.1, 0.15) is 0 Å². The van der Waals surface area contributed by atoms with Crippen LogP contribution in [0.1, 0.15) is 10.4 Å². The van der Waals surface area contributed by atoms with Crippen molar-refractivity contribution in [1.82, 2.24) is 0 Å². The molecular weight excluding hydrogens is 290 g/mol. The third kappa shape index (κ3) is 3.89. The van der Waals surface area contributed by atoms with E-state index in [-0.39, 0.29) is 5.91 Å². The summed E-state index contributed by atoms with van der Waals surface area (Å²) in [6, 6.07) is 14.6. The van der Waals surface area contributed by atoms with Crippen LogP contribution in [-0.2, 0) is 0 Å². The van der Waals surface area contributed by atoms with Crippen LogP contribution in [0.5, 0.6) is 0 Å². The highest BCUT2D eigenvalue weighted by Crippen LogP contribution is 2.24. The Kier molecular flexibility index (Phi) is 5.27. The highest BCUT2D eigenvalue weighted by molar-refractivity contribution is 7.99. The first-order valence-electron chi connectivity index (χ1n) is 6.10. The Morgan fingerprint density at radius 2 is 1.90 bits per heavy atom. The summed E-state index contributed by atoms with van der Waals surface area (Å²) in [7, 11) is 0. The topological polar surface area (TPSA) is 29.1 Å². The molecule has 102 valence electrons. The Balaban J connectivity index is 2.16. The molecule has 1 amide bonds. The van der Waals surface area contributed by atoms with Gasteiger partial charge in [0.05, 0.1) is 5.56 Å². The number of thioether (sulfide) groups is 1. The molecule has 1 N–H and O–H groups in total. The number of amides is 1. The summed E-state index contributed by atoms with van der Waals surface area (Å²) in [5.74, 6) is 0.644. The minimum Gasteiger partial charge on any atom is -0.322 e. The fraction of sp³-hybridized carbons (Fsp3) is 0.0625. The van der Waals surface area contributed by atoms with Crippen LogP contribution in [0.25, 0.3) is 0 Å². The highest BCUT2D eigenvalue weighted by Gasteiger charge is 2.11. The minimum absolute atomic E-state index is 0.125. The lowest BCUT2D eigenvalue weighted by molar-refractivity contribution is 0.102. The van der Waals surface area contributed by atoms with Gasteiger partial charge in [0.25, 0.3) is 5.91 Å². The maximum absolute atomic E-state index is 12.3. The summed E-state index contributed by atoms with van der Waals surface area (Å²) in [6.07, 6.45) is 1.82. The number of rotatable bonds is 5. The van der Waals surface area contributed by atoms with E-state index in [0.29, 0.717) is 10.6 Å². The molecule has 0 atom stereocenters. The fourth-order valence-electron chi connectivity index (χ4n) is 1.66. The molecule has 0 aliphatic heterocycles. The van der Waals surface area contributed by atoms with Gasteiger partial charge in [-0.2, -0.15) is 0 Å². The molecule has 2 nitrogen and oxygen atoms in total. The average Bonchev–Trinajstić information content (AvgIpc) is 2.47. The number of carbonyl (C=O) groups excluding carboxylic acids is 1. The summed E-state index contributed by atoms with van der Waals surface area (Å²) >= 11 is 7.41.